The molecule has 0 saturated carbocycles. The topological polar surface area (TPSA) is 42.7 Å². The lowest BCUT2D eigenvalue weighted by atomic mass is 9.93. The van der Waals surface area contributed by atoms with Gasteiger partial charge in [0.2, 0.25) is 0 Å². The monoisotopic (exact) mass is 256 g/mol. The highest BCUT2D eigenvalue weighted by atomic mass is 15.3. The number of hydrogen-bond acceptors (Lipinski definition) is 3. The normalized spacial score (nSPS) is 19.5. The maximum absolute atomic E-state index is 4.57. The average Bonchev–Trinajstić information content (AvgIpc) is 2.87. The summed E-state index contributed by atoms with van der Waals surface area (Å²) in [6.07, 6.45) is 7.57. The summed E-state index contributed by atoms with van der Waals surface area (Å²) < 4.78 is 1.85. The molecule has 2 aromatic rings. The third-order valence-electron chi connectivity index (χ3n) is 3.83. The van der Waals surface area contributed by atoms with Gasteiger partial charge in [0.25, 0.3) is 0 Å². The van der Waals surface area contributed by atoms with Crippen molar-refractivity contribution in [2.75, 3.05) is 13.1 Å². The van der Waals surface area contributed by atoms with Crippen LogP contribution in [0, 0.1) is 5.92 Å². The number of aryl methyl sites for hydroxylation is 1. The third kappa shape index (κ3) is 2.84. The fourth-order valence-corrected chi connectivity index (χ4v) is 2.75. The van der Waals surface area contributed by atoms with E-state index in [4.69, 9.17) is 0 Å². The lowest BCUT2D eigenvalue weighted by Crippen LogP contribution is -2.30. The average molecular weight is 256 g/mol. The number of nitrogens with one attached hydrogen (secondary N) is 1. The number of rotatable bonds is 3. The van der Waals surface area contributed by atoms with Gasteiger partial charge in [0.05, 0.1) is 11.4 Å². The number of aromatic nitrogens is 3. The van der Waals surface area contributed by atoms with Gasteiger partial charge in [-0.1, -0.05) is 6.07 Å². The van der Waals surface area contributed by atoms with Crippen LogP contribution in [-0.2, 0) is 13.5 Å². The summed E-state index contributed by atoms with van der Waals surface area (Å²) in [7, 11) is 1.94. The van der Waals surface area contributed by atoms with Crippen molar-refractivity contribution in [2.24, 2.45) is 13.0 Å². The molecule has 4 heteroatoms. The first kappa shape index (κ1) is 12.4. The number of nitrogens with zero attached hydrogens (tertiary/aromatic N) is 3. The van der Waals surface area contributed by atoms with Crippen molar-refractivity contribution in [3.8, 4) is 11.4 Å². The standard InChI is InChI=1S/C15H20N4/c1-19-15(6-8-18-19)14-5-4-13(11-17-14)9-12-3-2-7-16-10-12/h4-6,8,11-12,16H,2-3,7,9-10H2,1H3/t12-/m1/s1. The molecule has 0 unspecified atom stereocenters. The summed E-state index contributed by atoms with van der Waals surface area (Å²) in [5.74, 6) is 0.762. The van der Waals surface area contributed by atoms with Gasteiger partial charge >= 0.3 is 0 Å². The molecule has 0 bridgehead atoms. The molecule has 19 heavy (non-hydrogen) atoms. The lowest BCUT2D eigenvalue weighted by Gasteiger charge is -2.22. The second-order valence-electron chi connectivity index (χ2n) is 5.31. The third-order valence-corrected chi connectivity index (χ3v) is 3.83. The Morgan fingerprint density at radius 3 is 2.95 bits per heavy atom. The van der Waals surface area contributed by atoms with Crippen LogP contribution < -0.4 is 5.32 Å². The predicted octanol–water partition coefficient (Wildman–Crippen LogP) is 2.02. The van der Waals surface area contributed by atoms with E-state index in [-0.39, 0.29) is 0 Å². The summed E-state index contributed by atoms with van der Waals surface area (Å²) in [6.45, 7) is 2.32. The summed E-state index contributed by atoms with van der Waals surface area (Å²) in [5.41, 5.74) is 3.39. The Bertz CT molecular complexity index is 523. The molecule has 100 valence electrons. The Kier molecular flexibility index (Phi) is 3.60. The highest BCUT2D eigenvalue weighted by Gasteiger charge is 2.13. The van der Waals surface area contributed by atoms with Gasteiger partial charge in [0.15, 0.2) is 0 Å². The van der Waals surface area contributed by atoms with Crippen LogP contribution in [0.1, 0.15) is 18.4 Å². The fourth-order valence-electron chi connectivity index (χ4n) is 2.75. The van der Waals surface area contributed by atoms with Gasteiger partial charge in [-0.25, -0.2) is 0 Å². The minimum absolute atomic E-state index is 0.762. The zero-order valence-electron chi connectivity index (χ0n) is 11.3. The molecule has 0 radical (unpaired) electrons. The summed E-state index contributed by atoms with van der Waals surface area (Å²) in [6, 6.07) is 6.29. The van der Waals surface area contributed by atoms with Gasteiger partial charge in [0, 0.05) is 19.4 Å². The van der Waals surface area contributed by atoms with E-state index in [0.717, 1.165) is 30.3 Å². The molecule has 1 N–H and O–H groups in total. The Balaban J connectivity index is 1.70. The van der Waals surface area contributed by atoms with Crippen LogP contribution >= 0.6 is 0 Å². The van der Waals surface area contributed by atoms with Gasteiger partial charge in [-0.15, -0.1) is 0 Å². The van der Waals surface area contributed by atoms with E-state index in [1.807, 2.05) is 24.0 Å². The molecule has 1 aliphatic rings. The second kappa shape index (κ2) is 5.53. The number of piperidine rings is 1. The van der Waals surface area contributed by atoms with Crippen molar-refractivity contribution in [1.29, 1.82) is 0 Å². The van der Waals surface area contributed by atoms with Gasteiger partial charge in [0.1, 0.15) is 0 Å². The zero-order chi connectivity index (χ0) is 13.1. The van der Waals surface area contributed by atoms with Gasteiger partial charge < -0.3 is 5.32 Å². The minimum atomic E-state index is 0.762. The largest absolute Gasteiger partial charge is 0.316 e. The van der Waals surface area contributed by atoms with E-state index < -0.39 is 0 Å². The molecule has 0 amide bonds. The highest BCUT2D eigenvalue weighted by molar-refractivity contribution is 5.53. The summed E-state index contributed by atoms with van der Waals surface area (Å²) >= 11 is 0. The Morgan fingerprint density at radius 2 is 2.32 bits per heavy atom. The maximum Gasteiger partial charge on any atom is 0.0883 e. The quantitative estimate of drug-likeness (QED) is 0.913. The van der Waals surface area contributed by atoms with E-state index in [1.165, 1.54) is 24.9 Å². The first-order chi connectivity index (χ1) is 9.33. The molecule has 1 aliphatic heterocycles. The van der Waals surface area contributed by atoms with Gasteiger partial charge in [-0.2, -0.15) is 5.10 Å². The SMILES string of the molecule is Cn1nccc1-c1ccc(C[C@H]2CCCNC2)cn1. The van der Waals surface area contributed by atoms with Crippen molar-refractivity contribution in [2.45, 2.75) is 19.3 Å². The molecule has 1 fully saturated rings. The van der Waals surface area contributed by atoms with Gasteiger partial charge in [-0.05, 0) is 56.0 Å². The molecule has 3 heterocycles. The molecule has 1 saturated heterocycles. The molecule has 0 spiro atoms. The number of pyridine rings is 1. The Labute approximate surface area is 113 Å². The van der Waals surface area contributed by atoms with Crippen molar-refractivity contribution in [3.63, 3.8) is 0 Å². The molecule has 4 nitrogen and oxygen atoms in total. The van der Waals surface area contributed by atoms with Crippen LogP contribution in [0.3, 0.4) is 0 Å². The molecular weight excluding hydrogens is 236 g/mol. The smallest absolute Gasteiger partial charge is 0.0883 e. The molecule has 3 rings (SSSR count). The number of hydrogen-bond donors (Lipinski definition) is 1. The van der Waals surface area contributed by atoms with Crippen LogP contribution in [0.2, 0.25) is 0 Å². The van der Waals surface area contributed by atoms with E-state index >= 15 is 0 Å². The second-order valence-corrected chi connectivity index (χ2v) is 5.31. The van der Waals surface area contributed by atoms with Crippen LogP contribution in [0.4, 0.5) is 0 Å². The zero-order valence-corrected chi connectivity index (χ0v) is 11.3. The maximum atomic E-state index is 4.57. The van der Waals surface area contributed by atoms with Crippen molar-refractivity contribution >= 4 is 0 Å². The molecule has 1 atom stereocenters. The van der Waals surface area contributed by atoms with Gasteiger partial charge in [-0.3, -0.25) is 9.67 Å². The van der Waals surface area contributed by atoms with Crippen LogP contribution in [0.15, 0.2) is 30.6 Å². The Morgan fingerprint density at radius 1 is 1.37 bits per heavy atom. The van der Waals surface area contributed by atoms with E-state index in [2.05, 4.69) is 27.5 Å². The van der Waals surface area contributed by atoms with Crippen molar-refractivity contribution < 1.29 is 0 Å². The van der Waals surface area contributed by atoms with Crippen LogP contribution in [0.5, 0.6) is 0 Å². The van der Waals surface area contributed by atoms with E-state index in [1.54, 1.807) is 6.20 Å². The molecular formula is C15H20N4. The molecule has 0 aliphatic carbocycles. The highest BCUT2D eigenvalue weighted by Crippen LogP contribution is 2.19. The summed E-state index contributed by atoms with van der Waals surface area (Å²) in [5, 5.41) is 7.64. The molecule has 0 aromatic carbocycles. The van der Waals surface area contributed by atoms with Crippen molar-refractivity contribution in [1.82, 2.24) is 20.1 Å². The van der Waals surface area contributed by atoms with E-state index in [0.29, 0.717) is 0 Å². The summed E-state index contributed by atoms with van der Waals surface area (Å²) in [4.78, 5) is 4.57. The first-order valence-electron chi connectivity index (χ1n) is 6.97. The first-order valence-corrected chi connectivity index (χ1v) is 6.97. The predicted molar refractivity (Wildman–Crippen MR) is 75.7 cm³/mol. The fraction of sp³-hybridized carbons (Fsp3) is 0.467. The molecule has 2 aromatic heterocycles. The van der Waals surface area contributed by atoms with Crippen LogP contribution in [0.25, 0.3) is 11.4 Å². The Hall–Kier alpha value is -1.68. The van der Waals surface area contributed by atoms with Crippen LogP contribution in [-0.4, -0.2) is 27.9 Å². The minimum Gasteiger partial charge on any atom is -0.316 e. The van der Waals surface area contributed by atoms with E-state index in [9.17, 15) is 0 Å². The lowest BCUT2D eigenvalue weighted by molar-refractivity contribution is 0.376. The van der Waals surface area contributed by atoms with Crippen molar-refractivity contribution in [3.05, 3.63) is 36.2 Å².